The molecule has 3 aliphatic rings. The molecule has 1 N–H and O–H groups in total. The highest BCUT2D eigenvalue weighted by molar-refractivity contribution is 5.87. The van der Waals surface area contributed by atoms with Crippen LogP contribution >= 0.6 is 0 Å². The van der Waals surface area contributed by atoms with Crippen molar-refractivity contribution in [2.45, 2.75) is 69.2 Å². The number of aliphatic hydroxyl groups is 1. The van der Waals surface area contributed by atoms with Crippen LogP contribution < -0.4 is 0 Å². The van der Waals surface area contributed by atoms with Gasteiger partial charge in [-0.15, -0.1) is 0 Å². The van der Waals surface area contributed by atoms with E-state index < -0.39 is 5.60 Å². The number of ether oxygens (including phenoxy) is 2. The number of hydrogen-bond acceptors (Lipinski definition) is 4. The SMILES string of the molecule is C=C(C)C(=O)OC1(C2CC3(CO)CCC2O3)CCCC1. The maximum atomic E-state index is 12.0. The van der Waals surface area contributed by atoms with Gasteiger partial charge in [0.15, 0.2) is 0 Å². The van der Waals surface area contributed by atoms with Crippen molar-refractivity contribution in [1.82, 2.24) is 0 Å². The third kappa shape index (κ3) is 2.09. The Bertz CT molecular complexity index is 424. The van der Waals surface area contributed by atoms with Crippen molar-refractivity contribution in [3.8, 4) is 0 Å². The molecule has 2 saturated heterocycles. The monoisotopic (exact) mass is 280 g/mol. The van der Waals surface area contributed by atoms with Crippen LogP contribution in [-0.4, -0.2) is 35.0 Å². The van der Waals surface area contributed by atoms with E-state index in [0.29, 0.717) is 5.57 Å². The highest BCUT2D eigenvalue weighted by atomic mass is 16.6. The maximum Gasteiger partial charge on any atom is 0.333 e. The molecule has 2 heterocycles. The summed E-state index contributed by atoms with van der Waals surface area (Å²) in [5, 5.41) is 9.61. The molecule has 0 radical (unpaired) electrons. The lowest BCUT2D eigenvalue weighted by atomic mass is 9.72. The molecule has 112 valence electrons. The van der Waals surface area contributed by atoms with Crippen molar-refractivity contribution >= 4 is 5.97 Å². The van der Waals surface area contributed by atoms with Crippen LogP contribution in [0.4, 0.5) is 0 Å². The summed E-state index contributed by atoms with van der Waals surface area (Å²) >= 11 is 0. The van der Waals surface area contributed by atoms with Gasteiger partial charge >= 0.3 is 5.97 Å². The van der Waals surface area contributed by atoms with E-state index in [-0.39, 0.29) is 30.2 Å². The number of hydrogen-bond donors (Lipinski definition) is 1. The smallest absolute Gasteiger partial charge is 0.333 e. The van der Waals surface area contributed by atoms with Crippen molar-refractivity contribution in [1.29, 1.82) is 0 Å². The normalized spacial score (nSPS) is 38.1. The fraction of sp³-hybridized carbons (Fsp3) is 0.812. The Hall–Kier alpha value is -0.870. The van der Waals surface area contributed by atoms with E-state index in [0.717, 1.165) is 44.9 Å². The summed E-state index contributed by atoms with van der Waals surface area (Å²) < 4.78 is 11.9. The van der Waals surface area contributed by atoms with Crippen molar-refractivity contribution in [3.05, 3.63) is 12.2 Å². The van der Waals surface area contributed by atoms with Gasteiger partial charge in [0.05, 0.1) is 18.3 Å². The van der Waals surface area contributed by atoms with Crippen molar-refractivity contribution in [2.24, 2.45) is 5.92 Å². The molecule has 0 spiro atoms. The van der Waals surface area contributed by atoms with E-state index in [1.54, 1.807) is 6.92 Å². The summed E-state index contributed by atoms with van der Waals surface area (Å²) in [6.45, 7) is 5.45. The average Bonchev–Trinajstić information content (AvgIpc) is 3.13. The Morgan fingerprint density at radius 2 is 2.10 bits per heavy atom. The predicted molar refractivity (Wildman–Crippen MR) is 74.1 cm³/mol. The summed E-state index contributed by atoms with van der Waals surface area (Å²) in [7, 11) is 0. The first-order chi connectivity index (χ1) is 9.50. The fourth-order valence-corrected chi connectivity index (χ4v) is 4.31. The minimum atomic E-state index is -0.391. The van der Waals surface area contributed by atoms with Gasteiger partial charge in [0.1, 0.15) is 5.60 Å². The van der Waals surface area contributed by atoms with Crippen LogP contribution in [0.15, 0.2) is 12.2 Å². The molecule has 1 saturated carbocycles. The summed E-state index contributed by atoms with van der Waals surface area (Å²) in [5.41, 5.74) is -0.310. The number of carbonyl (C=O) groups is 1. The zero-order valence-electron chi connectivity index (χ0n) is 12.2. The van der Waals surface area contributed by atoms with Gasteiger partial charge in [-0.25, -0.2) is 4.79 Å². The van der Waals surface area contributed by atoms with Crippen LogP contribution in [0.1, 0.15) is 51.9 Å². The molecule has 3 unspecified atom stereocenters. The van der Waals surface area contributed by atoms with Crippen LogP contribution in [0.2, 0.25) is 0 Å². The third-order valence-corrected chi connectivity index (χ3v) is 5.38. The molecular weight excluding hydrogens is 256 g/mol. The van der Waals surface area contributed by atoms with Gasteiger partial charge in [-0.1, -0.05) is 6.58 Å². The predicted octanol–water partition coefficient (Wildman–Crippen LogP) is 2.35. The highest BCUT2D eigenvalue weighted by Gasteiger charge is 2.60. The molecule has 2 aliphatic heterocycles. The third-order valence-electron chi connectivity index (χ3n) is 5.38. The zero-order valence-corrected chi connectivity index (χ0v) is 12.2. The Labute approximate surface area is 120 Å². The van der Waals surface area contributed by atoms with Gasteiger partial charge in [0.25, 0.3) is 0 Å². The molecule has 3 atom stereocenters. The molecule has 2 bridgehead atoms. The van der Waals surface area contributed by atoms with Crippen molar-refractivity contribution in [2.75, 3.05) is 6.61 Å². The summed E-state index contributed by atoms with van der Waals surface area (Å²) in [6.07, 6.45) is 6.87. The van der Waals surface area contributed by atoms with Crippen LogP contribution in [0, 0.1) is 5.92 Å². The second-order valence-electron chi connectivity index (χ2n) is 6.79. The van der Waals surface area contributed by atoms with E-state index >= 15 is 0 Å². The van der Waals surface area contributed by atoms with E-state index in [9.17, 15) is 9.90 Å². The van der Waals surface area contributed by atoms with E-state index in [4.69, 9.17) is 9.47 Å². The quantitative estimate of drug-likeness (QED) is 0.634. The topological polar surface area (TPSA) is 55.8 Å². The Balaban J connectivity index is 1.81. The number of rotatable bonds is 4. The summed E-state index contributed by atoms with van der Waals surface area (Å²) in [4.78, 5) is 12.0. The molecule has 0 aromatic heterocycles. The second kappa shape index (κ2) is 4.85. The fourth-order valence-electron chi connectivity index (χ4n) is 4.31. The molecule has 20 heavy (non-hydrogen) atoms. The summed E-state index contributed by atoms with van der Waals surface area (Å²) in [5.74, 6) is -0.0538. The maximum absolute atomic E-state index is 12.0. The minimum Gasteiger partial charge on any atom is -0.455 e. The zero-order chi connectivity index (χ0) is 14.4. The standard InChI is InChI=1S/C16H24O4/c1-11(2)14(18)20-16(6-3-4-7-16)12-9-15(10-17)8-5-13(12)19-15/h12-13,17H,1,3-10H2,2H3. The van der Waals surface area contributed by atoms with Gasteiger partial charge in [0.2, 0.25) is 0 Å². The van der Waals surface area contributed by atoms with E-state index in [2.05, 4.69) is 6.58 Å². The number of carbonyl (C=O) groups excluding carboxylic acids is 1. The first-order valence-electron chi connectivity index (χ1n) is 7.68. The molecule has 0 aromatic carbocycles. The largest absolute Gasteiger partial charge is 0.455 e. The number of fused-ring (bicyclic) bond motifs is 2. The lowest BCUT2D eigenvalue weighted by Crippen LogP contribution is -2.46. The lowest BCUT2D eigenvalue weighted by molar-refractivity contribution is -0.163. The van der Waals surface area contributed by atoms with Crippen LogP contribution in [0.3, 0.4) is 0 Å². The molecular formula is C16H24O4. The van der Waals surface area contributed by atoms with Gasteiger partial charge in [0, 0.05) is 11.5 Å². The highest BCUT2D eigenvalue weighted by Crippen LogP contribution is 2.55. The lowest BCUT2D eigenvalue weighted by Gasteiger charge is -2.39. The average molecular weight is 280 g/mol. The molecule has 1 aliphatic carbocycles. The first-order valence-corrected chi connectivity index (χ1v) is 7.68. The van der Waals surface area contributed by atoms with Gasteiger partial charge < -0.3 is 14.6 Å². The molecule has 3 rings (SSSR count). The van der Waals surface area contributed by atoms with Gasteiger partial charge in [-0.3, -0.25) is 0 Å². The van der Waals surface area contributed by atoms with Gasteiger partial charge in [-0.2, -0.15) is 0 Å². The second-order valence-corrected chi connectivity index (χ2v) is 6.79. The van der Waals surface area contributed by atoms with Crippen LogP contribution in [0.5, 0.6) is 0 Å². The van der Waals surface area contributed by atoms with Crippen LogP contribution in [-0.2, 0) is 14.3 Å². The Morgan fingerprint density at radius 1 is 1.40 bits per heavy atom. The molecule has 4 nitrogen and oxygen atoms in total. The van der Waals surface area contributed by atoms with Crippen molar-refractivity contribution in [3.63, 3.8) is 0 Å². The minimum absolute atomic E-state index is 0.0739. The number of esters is 1. The van der Waals surface area contributed by atoms with E-state index in [1.165, 1.54) is 0 Å². The Morgan fingerprint density at radius 3 is 2.65 bits per heavy atom. The summed E-state index contributed by atoms with van der Waals surface area (Å²) in [6, 6.07) is 0. The van der Waals surface area contributed by atoms with E-state index in [1.807, 2.05) is 0 Å². The molecule has 3 fully saturated rings. The van der Waals surface area contributed by atoms with Crippen LogP contribution in [0.25, 0.3) is 0 Å². The van der Waals surface area contributed by atoms with Crippen molar-refractivity contribution < 1.29 is 19.4 Å². The molecule has 4 heteroatoms. The number of aliphatic hydroxyl groups excluding tert-OH is 1. The molecule has 0 amide bonds. The first kappa shape index (κ1) is 14.1. The molecule has 0 aromatic rings. The van der Waals surface area contributed by atoms with Gasteiger partial charge in [-0.05, 0) is 51.9 Å². The Kier molecular flexibility index (Phi) is 3.41.